The molecule has 1 fully saturated rings. The molecule has 0 amide bonds. The summed E-state index contributed by atoms with van der Waals surface area (Å²) < 4.78 is 5.79. The summed E-state index contributed by atoms with van der Waals surface area (Å²) in [6, 6.07) is 0.755. The van der Waals surface area contributed by atoms with Crippen molar-refractivity contribution in [2.75, 3.05) is 27.2 Å². The molecule has 0 saturated heterocycles. The second kappa shape index (κ2) is 8.51. The van der Waals surface area contributed by atoms with Crippen molar-refractivity contribution in [3.8, 4) is 0 Å². The van der Waals surface area contributed by atoms with Gasteiger partial charge in [0.25, 0.3) is 0 Å². The summed E-state index contributed by atoms with van der Waals surface area (Å²) in [6.45, 7) is 8.79. The number of hydrogen-bond donors (Lipinski definition) is 2. The highest BCUT2D eigenvalue weighted by Gasteiger charge is 2.20. The number of nitrogens with zero attached hydrogens (tertiary/aromatic N) is 3. The molecule has 6 heteroatoms. The van der Waals surface area contributed by atoms with Crippen LogP contribution in [0.25, 0.3) is 0 Å². The maximum atomic E-state index is 5.79. The first kappa shape index (κ1) is 18.8. The lowest BCUT2D eigenvalue weighted by Gasteiger charge is -2.24. The Morgan fingerprint density at radius 3 is 2.62 bits per heavy atom. The summed E-state index contributed by atoms with van der Waals surface area (Å²) in [5.41, 5.74) is -0.0179. The predicted octanol–water partition coefficient (Wildman–Crippen LogP) is 2.51. The normalized spacial score (nSPS) is 16.8. The first-order valence-corrected chi connectivity index (χ1v) is 9.00. The number of rotatable bonds is 6. The zero-order valence-corrected chi connectivity index (χ0v) is 15.9. The molecule has 1 aliphatic rings. The molecule has 1 saturated carbocycles. The van der Waals surface area contributed by atoms with E-state index < -0.39 is 0 Å². The summed E-state index contributed by atoms with van der Waals surface area (Å²) in [7, 11) is 4.00. The molecule has 0 atom stereocenters. The maximum Gasteiger partial charge on any atom is 0.213 e. The molecule has 2 N–H and O–H groups in total. The number of likely N-dealkylation sites (N-methyl/N-ethyl adjacent to an activating group) is 1. The molecule has 0 bridgehead atoms. The van der Waals surface area contributed by atoms with E-state index in [9.17, 15) is 0 Å². The second-order valence-electron chi connectivity index (χ2n) is 7.64. The van der Waals surface area contributed by atoms with E-state index in [-0.39, 0.29) is 5.41 Å². The average molecular weight is 335 g/mol. The maximum absolute atomic E-state index is 5.79. The molecule has 1 heterocycles. The van der Waals surface area contributed by atoms with Gasteiger partial charge in [0.2, 0.25) is 5.89 Å². The van der Waals surface area contributed by atoms with E-state index in [1.54, 1.807) is 7.05 Å². The number of aromatic nitrogens is 1. The van der Waals surface area contributed by atoms with Crippen molar-refractivity contribution in [1.82, 2.24) is 20.5 Å². The van der Waals surface area contributed by atoms with Gasteiger partial charge < -0.3 is 20.0 Å². The van der Waals surface area contributed by atoms with Gasteiger partial charge in [-0.15, -0.1) is 0 Å². The van der Waals surface area contributed by atoms with Crippen LogP contribution in [0.1, 0.15) is 58.1 Å². The van der Waals surface area contributed by atoms with Crippen molar-refractivity contribution < 1.29 is 4.42 Å². The molecule has 0 aromatic carbocycles. The van der Waals surface area contributed by atoms with E-state index in [4.69, 9.17) is 4.42 Å². The van der Waals surface area contributed by atoms with Crippen molar-refractivity contribution in [3.63, 3.8) is 0 Å². The zero-order valence-electron chi connectivity index (χ0n) is 15.9. The van der Waals surface area contributed by atoms with Crippen LogP contribution >= 0.6 is 0 Å². The standard InChI is InChI=1S/C18H33N5O/c1-18(2,3)15-12-21-16(24-15)13-22-17(19-4)20-10-11-23(5)14-8-6-7-9-14/h12,14H,6-11,13H2,1-5H3,(H2,19,20,22). The minimum absolute atomic E-state index is 0.0179. The molecule has 136 valence electrons. The van der Waals surface area contributed by atoms with E-state index in [0.717, 1.165) is 30.9 Å². The quantitative estimate of drug-likeness (QED) is 0.618. The van der Waals surface area contributed by atoms with Gasteiger partial charge in [-0.25, -0.2) is 4.98 Å². The fraction of sp³-hybridized carbons (Fsp3) is 0.778. The number of nitrogens with one attached hydrogen (secondary N) is 2. The molecule has 2 rings (SSSR count). The van der Waals surface area contributed by atoms with Gasteiger partial charge in [-0.3, -0.25) is 4.99 Å². The lowest BCUT2D eigenvalue weighted by Crippen LogP contribution is -2.42. The van der Waals surface area contributed by atoms with Crippen LogP contribution in [-0.4, -0.2) is 49.1 Å². The molecule has 0 radical (unpaired) electrons. The van der Waals surface area contributed by atoms with Gasteiger partial charge in [-0.05, 0) is 19.9 Å². The monoisotopic (exact) mass is 335 g/mol. The van der Waals surface area contributed by atoms with Gasteiger partial charge in [-0.1, -0.05) is 33.6 Å². The lowest BCUT2D eigenvalue weighted by molar-refractivity contribution is 0.249. The predicted molar refractivity (Wildman–Crippen MR) is 98.3 cm³/mol. The molecule has 1 aliphatic carbocycles. The molecule has 24 heavy (non-hydrogen) atoms. The third kappa shape index (κ3) is 5.51. The number of oxazole rings is 1. The van der Waals surface area contributed by atoms with Crippen molar-refractivity contribution >= 4 is 5.96 Å². The number of guanidine groups is 1. The molecule has 1 aromatic heterocycles. The minimum atomic E-state index is -0.0179. The number of aliphatic imine (C=N–C) groups is 1. The van der Waals surface area contributed by atoms with Crippen LogP contribution in [0.3, 0.4) is 0 Å². The Kier molecular flexibility index (Phi) is 6.66. The van der Waals surface area contributed by atoms with Crippen LogP contribution in [0.4, 0.5) is 0 Å². The van der Waals surface area contributed by atoms with Crippen LogP contribution in [-0.2, 0) is 12.0 Å². The van der Waals surface area contributed by atoms with Crippen LogP contribution in [0.2, 0.25) is 0 Å². The Bertz CT molecular complexity index is 526. The molecule has 6 nitrogen and oxygen atoms in total. The third-order valence-corrected chi connectivity index (χ3v) is 4.63. The number of hydrogen-bond acceptors (Lipinski definition) is 4. The van der Waals surface area contributed by atoms with Gasteiger partial charge in [-0.2, -0.15) is 0 Å². The van der Waals surface area contributed by atoms with E-state index in [1.165, 1.54) is 25.7 Å². The van der Waals surface area contributed by atoms with Crippen LogP contribution in [0, 0.1) is 0 Å². The van der Waals surface area contributed by atoms with Gasteiger partial charge in [0.1, 0.15) is 5.76 Å². The molecular formula is C18H33N5O. The lowest BCUT2D eigenvalue weighted by atomic mass is 9.94. The van der Waals surface area contributed by atoms with Crippen molar-refractivity contribution in [2.45, 2.75) is 64.5 Å². The summed E-state index contributed by atoms with van der Waals surface area (Å²) in [6.07, 6.45) is 7.23. The van der Waals surface area contributed by atoms with Crippen LogP contribution in [0.5, 0.6) is 0 Å². The van der Waals surface area contributed by atoms with Gasteiger partial charge >= 0.3 is 0 Å². The fourth-order valence-corrected chi connectivity index (χ4v) is 3.00. The summed E-state index contributed by atoms with van der Waals surface area (Å²) in [5, 5.41) is 6.62. The Hall–Kier alpha value is -1.56. The Morgan fingerprint density at radius 2 is 2.04 bits per heavy atom. The van der Waals surface area contributed by atoms with Gasteiger partial charge in [0, 0.05) is 31.6 Å². The first-order chi connectivity index (χ1) is 11.4. The smallest absolute Gasteiger partial charge is 0.213 e. The fourth-order valence-electron chi connectivity index (χ4n) is 3.00. The SMILES string of the molecule is CN=C(NCCN(C)C1CCCC1)NCc1ncc(C(C)(C)C)o1. The van der Waals surface area contributed by atoms with Crippen LogP contribution < -0.4 is 10.6 Å². The van der Waals surface area contributed by atoms with Crippen molar-refractivity contribution in [1.29, 1.82) is 0 Å². The van der Waals surface area contributed by atoms with E-state index in [2.05, 4.69) is 53.3 Å². The highest BCUT2D eigenvalue weighted by molar-refractivity contribution is 5.79. The Labute approximate surface area is 146 Å². The van der Waals surface area contributed by atoms with E-state index in [0.29, 0.717) is 12.4 Å². The summed E-state index contributed by atoms with van der Waals surface area (Å²) >= 11 is 0. The van der Waals surface area contributed by atoms with Gasteiger partial charge in [0.05, 0.1) is 12.7 Å². The molecule has 0 unspecified atom stereocenters. The molecule has 1 aromatic rings. The van der Waals surface area contributed by atoms with Gasteiger partial charge in [0.15, 0.2) is 5.96 Å². The highest BCUT2D eigenvalue weighted by Crippen LogP contribution is 2.23. The van der Waals surface area contributed by atoms with E-state index >= 15 is 0 Å². The topological polar surface area (TPSA) is 65.7 Å². The molecule has 0 aliphatic heterocycles. The zero-order chi connectivity index (χ0) is 17.6. The highest BCUT2D eigenvalue weighted by atomic mass is 16.4. The summed E-state index contributed by atoms with van der Waals surface area (Å²) in [4.78, 5) is 11.0. The first-order valence-electron chi connectivity index (χ1n) is 9.00. The molecule has 0 spiro atoms. The van der Waals surface area contributed by atoms with E-state index in [1.807, 2.05) is 6.20 Å². The Balaban J connectivity index is 1.71. The second-order valence-corrected chi connectivity index (χ2v) is 7.64. The average Bonchev–Trinajstić information content (AvgIpc) is 3.20. The van der Waals surface area contributed by atoms with Crippen molar-refractivity contribution in [2.24, 2.45) is 4.99 Å². The minimum Gasteiger partial charge on any atom is -0.443 e. The van der Waals surface area contributed by atoms with Crippen molar-refractivity contribution in [3.05, 3.63) is 17.8 Å². The summed E-state index contributed by atoms with van der Waals surface area (Å²) in [5.74, 6) is 2.37. The Morgan fingerprint density at radius 1 is 1.33 bits per heavy atom. The third-order valence-electron chi connectivity index (χ3n) is 4.63. The van der Waals surface area contributed by atoms with Crippen LogP contribution in [0.15, 0.2) is 15.6 Å². The largest absolute Gasteiger partial charge is 0.443 e. The molecular weight excluding hydrogens is 302 g/mol.